The molecule has 0 spiro atoms. The van der Waals surface area contributed by atoms with Crippen molar-refractivity contribution in [2.75, 3.05) is 5.73 Å². The molecule has 0 aliphatic rings. The molecule has 2 aromatic rings. The largest absolute Gasteiger partial charge is 0.382 e. The first-order valence-corrected chi connectivity index (χ1v) is 5.14. The second-order valence-electron chi connectivity index (χ2n) is 3.24. The number of hydrogen-bond acceptors (Lipinski definition) is 2. The van der Waals surface area contributed by atoms with Gasteiger partial charge in [0, 0.05) is 16.2 Å². The highest BCUT2D eigenvalue weighted by Gasteiger charge is 2.07. The van der Waals surface area contributed by atoms with Crippen molar-refractivity contribution in [2.45, 2.75) is 6.92 Å². The van der Waals surface area contributed by atoms with E-state index in [9.17, 15) is 4.39 Å². The molecule has 5 heteroatoms. The van der Waals surface area contributed by atoms with Gasteiger partial charge in [-0.2, -0.15) is 5.10 Å². The van der Waals surface area contributed by atoms with Crippen molar-refractivity contribution in [2.24, 2.45) is 0 Å². The minimum atomic E-state index is -0.289. The molecule has 0 radical (unpaired) electrons. The summed E-state index contributed by atoms with van der Waals surface area (Å²) >= 11 is 3.28. The van der Waals surface area contributed by atoms with E-state index in [1.807, 2.05) is 6.92 Å². The van der Waals surface area contributed by atoms with Gasteiger partial charge in [-0.25, -0.2) is 9.07 Å². The molecule has 78 valence electrons. The molecule has 0 aliphatic heterocycles. The normalized spacial score (nSPS) is 10.6. The smallest absolute Gasteiger partial charge is 0.148 e. The van der Waals surface area contributed by atoms with Crippen LogP contribution in [-0.2, 0) is 0 Å². The van der Waals surface area contributed by atoms with E-state index in [1.165, 1.54) is 12.1 Å². The average molecular weight is 270 g/mol. The topological polar surface area (TPSA) is 43.8 Å². The molecule has 15 heavy (non-hydrogen) atoms. The summed E-state index contributed by atoms with van der Waals surface area (Å²) in [5.74, 6) is 0.189. The van der Waals surface area contributed by atoms with Crippen LogP contribution in [0.15, 0.2) is 28.9 Å². The van der Waals surface area contributed by atoms with Crippen LogP contribution >= 0.6 is 15.9 Å². The molecular formula is C10H9BrFN3. The molecule has 2 rings (SSSR count). The Morgan fingerprint density at radius 2 is 2.20 bits per heavy atom. The van der Waals surface area contributed by atoms with Crippen molar-refractivity contribution < 1.29 is 4.39 Å². The second kappa shape index (κ2) is 3.66. The molecule has 0 aliphatic carbocycles. The lowest BCUT2D eigenvalue weighted by molar-refractivity contribution is 0.626. The van der Waals surface area contributed by atoms with Gasteiger partial charge in [0.1, 0.15) is 11.6 Å². The SMILES string of the molecule is Cc1cn(-c2ccc(F)cc2Br)nc1N. The maximum Gasteiger partial charge on any atom is 0.148 e. The van der Waals surface area contributed by atoms with E-state index >= 15 is 0 Å². The number of aryl methyl sites for hydroxylation is 1. The van der Waals surface area contributed by atoms with Crippen molar-refractivity contribution in [3.63, 3.8) is 0 Å². The maximum absolute atomic E-state index is 12.9. The highest BCUT2D eigenvalue weighted by atomic mass is 79.9. The van der Waals surface area contributed by atoms with Crippen molar-refractivity contribution >= 4 is 21.7 Å². The van der Waals surface area contributed by atoms with Gasteiger partial charge >= 0.3 is 0 Å². The molecule has 0 unspecified atom stereocenters. The number of anilines is 1. The van der Waals surface area contributed by atoms with Crippen LogP contribution in [0.4, 0.5) is 10.2 Å². The molecule has 0 amide bonds. The fraction of sp³-hybridized carbons (Fsp3) is 0.100. The molecule has 0 atom stereocenters. The zero-order chi connectivity index (χ0) is 11.0. The molecule has 0 fully saturated rings. The minimum Gasteiger partial charge on any atom is -0.382 e. The lowest BCUT2D eigenvalue weighted by Crippen LogP contribution is -1.97. The number of nitrogens with zero attached hydrogens (tertiary/aromatic N) is 2. The van der Waals surface area contributed by atoms with Crippen molar-refractivity contribution in [3.05, 3.63) is 40.2 Å². The molecular weight excluding hydrogens is 261 g/mol. The standard InChI is InChI=1S/C10H9BrFN3/c1-6-5-15(14-10(6)13)9-3-2-7(12)4-8(9)11/h2-5H,1H3,(H2,13,14). The van der Waals surface area contributed by atoms with E-state index < -0.39 is 0 Å². The summed E-state index contributed by atoms with van der Waals surface area (Å²) in [5, 5.41) is 4.11. The number of aromatic nitrogens is 2. The number of hydrogen-bond donors (Lipinski definition) is 1. The minimum absolute atomic E-state index is 0.289. The average Bonchev–Trinajstić information content (AvgIpc) is 2.46. The Labute approximate surface area is 94.8 Å². The summed E-state index contributed by atoms with van der Waals surface area (Å²) in [5.41, 5.74) is 7.29. The lowest BCUT2D eigenvalue weighted by atomic mass is 10.3. The van der Waals surface area contributed by atoms with E-state index in [0.29, 0.717) is 10.3 Å². The third kappa shape index (κ3) is 1.87. The summed E-state index contributed by atoms with van der Waals surface area (Å²) in [4.78, 5) is 0. The quantitative estimate of drug-likeness (QED) is 0.865. The molecule has 2 N–H and O–H groups in total. The van der Waals surface area contributed by atoms with Crippen LogP contribution in [0, 0.1) is 12.7 Å². The van der Waals surface area contributed by atoms with Crippen LogP contribution in [0.1, 0.15) is 5.56 Å². The third-order valence-electron chi connectivity index (χ3n) is 2.09. The van der Waals surface area contributed by atoms with Crippen LogP contribution in [0.2, 0.25) is 0 Å². The van der Waals surface area contributed by atoms with E-state index in [0.717, 1.165) is 11.3 Å². The first-order chi connectivity index (χ1) is 7.08. The zero-order valence-electron chi connectivity index (χ0n) is 8.04. The van der Waals surface area contributed by atoms with Gasteiger partial charge in [0.25, 0.3) is 0 Å². The number of rotatable bonds is 1. The Hall–Kier alpha value is -1.36. The van der Waals surface area contributed by atoms with Crippen molar-refractivity contribution in [1.29, 1.82) is 0 Å². The van der Waals surface area contributed by atoms with E-state index in [2.05, 4.69) is 21.0 Å². The zero-order valence-corrected chi connectivity index (χ0v) is 9.62. The molecule has 1 heterocycles. The number of nitrogen functional groups attached to an aromatic ring is 1. The summed E-state index contributed by atoms with van der Waals surface area (Å²) < 4.78 is 15.1. The molecule has 0 saturated carbocycles. The number of halogens is 2. The monoisotopic (exact) mass is 269 g/mol. The van der Waals surface area contributed by atoms with E-state index in [4.69, 9.17) is 5.73 Å². The predicted octanol–water partition coefficient (Wildman–Crippen LogP) is 2.66. The highest BCUT2D eigenvalue weighted by Crippen LogP contribution is 2.22. The van der Waals surface area contributed by atoms with E-state index in [-0.39, 0.29) is 5.82 Å². The van der Waals surface area contributed by atoms with E-state index in [1.54, 1.807) is 16.9 Å². The summed E-state index contributed by atoms with van der Waals surface area (Å²) in [6.45, 7) is 1.87. The first kappa shape index (κ1) is 10.2. The highest BCUT2D eigenvalue weighted by molar-refractivity contribution is 9.10. The van der Waals surface area contributed by atoms with Crippen LogP contribution in [0.5, 0.6) is 0 Å². The van der Waals surface area contributed by atoms with Crippen LogP contribution in [-0.4, -0.2) is 9.78 Å². The fourth-order valence-electron chi connectivity index (χ4n) is 1.26. The summed E-state index contributed by atoms with van der Waals surface area (Å²) in [6, 6.07) is 4.42. The summed E-state index contributed by atoms with van der Waals surface area (Å²) in [6.07, 6.45) is 1.80. The fourth-order valence-corrected chi connectivity index (χ4v) is 1.80. The maximum atomic E-state index is 12.9. The van der Waals surface area contributed by atoms with Crippen LogP contribution < -0.4 is 5.73 Å². The Balaban J connectivity index is 2.54. The Morgan fingerprint density at radius 1 is 1.47 bits per heavy atom. The van der Waals surface area contributed by atoms with Crippen molar-refractivity contribution in [1.82, 2.24) is 9.78 Å². The van der Waals surface area contributed by atoms with Gasteiger partial charge < -0.3 is 5.73 Å². The summed E-state index contributed by atoms with van der Waals surface area (Å²) in [7, 11) is 0. The van der Waals surface area contributed by atoms with Gasteiger partial charge in [-0.1, -0.05) is 0 Å². The Kier molecular flexibility index (Phi) is 2.48. The lowest BCUT2D eigenvalue weighted by Gasteiger charge is -2.03. The number of nitrogens with two attached hydrogens (primary N) is 1. The van der Waals surface area contributed by atoms with Crippen LogP contribution in [0.25, 0.3) is 5.69 Å². The van der Waals surface area contributed by atoms with Gasteiger partial charge in [-0.15, -0.1) is 0 Å². The molecule has 1 aromatic heterocycles. The molecule has 1 aromatic carbocycles. The first-order valence-electron chi connectivity index (χ1n) is 4.35. The van der Waals surface area contributed by atoms with Gasteiger partial charge in [0.15, 0.2) is 0 Å². The van der Waals surface area contributed by atoms with Crippen molar-refractivity contribution in [3.8, 4) is 5.69 Å². The number of benzene rings is 1. The third-order valence-corrected chi connectivity index (χ3v) is 2.73. The molecule has 0 bridgehead atoms. The van der Waals surface area contributed by atoms with Crippen LogP contribution in [0.3, 0.4) is 0 Å². The Bertz CT molecular complexity index is 488. The molecule has 3 nitrogen and oxygen atoms in total. The second-order valence-corrected chi connectivity index (χ2v) is 4.09. The van der Waals surface area contributed by atoms with Gasteiger partial charge in [0.05, 0.1) is 5.69 Å². The van der Waals surface area contributed by atoms with Gasteiger partial charge in [-0.05, 0) is 41.1 Å². The Morgan fingerprint density at radius 3 is 2.73 bits per heavy atom. The molecule has 0 saturated heterocycles. The van der Waals surface area contributed by atoms with Gasteiger partial charge in [0.2, 0.25) is 0 Å². The van der Waals surface area contributed by atoms with Gasteiger partial charge in [-0.3, -0.25) is 0 Å². The predicted molar refractivity (Wildman–Crippen MR) is 60.4 cm³/mol.